The fourth-order valence-corrected chi connectivity index (χ4v) is 2.88. The Balaban J connectivity index is 2.01. The van der Waals surface area contributed by atoms with Gasteiger partial charge >= 0.3 is 0 Å². The van der Waals surface area contributed by atoms with Crippen LogP contribution in [-0.4, -0.2) is 35.2 Å². The number of halogens is 2. The van der Waals surface area contributed by atoms with E-state index in [0.29, 0.717) is 10.6 Å². The number of nitrogens with one attached hydrogen (secondary N) is 1. The Morgan fingerprint density at radius 2 is 1.93 bits per heavy atom. The number of carbonyl (C=O) groups is 2. The smallest absolute Gasteiger partial charge is 0.269 e. The van der Waals surface area contributed by atoms with Gasteiger partial charge < -0.3 is 10.2 Å². The first kappa shape index (κ1) is 20.7. The molecule has 0 bridgehead atoms. The number of nitrogens with zero attached hydrogens (tertiary/aromatic N) is 2. The predicted molar refractivity (Wildman–Crippen MR) is 103 cm³/mol. The van der Waals surface area contributed by atoms with E-state index < -0.39 is 16.9 Å². The molecule has 0 heterocycles. The lowest BCUT2D eigenvalue weighted by Crippen LogP contribution is -2.39. The summed E-state index contributed by atoms with van der Waals surface area (Å²) in [5.41, 5.74) is 0.779. The average Bonchev–Trinajstić information content (AvgIpc) is 2.64. The first-order valence-electron chi connectivity index (χ1n) is 7.94. The molecule has 142 valence electrons. The molecule has 0 saturated heterocycles. The third-order valence-electron chi connectivity index (χ3n) is 4.11. The Bertz CT molecular complexity index is 889. The first-order valence-corrected chi connectivity index (χ1v) is 8.69. The molecule has 0 aromatic heterocycles. The molecule has 0 saturated carbocycles. The molecule has 1 atom stereocenters. The highest BCUT2D eigenvalue weighted by Crippen LogP contribution is 2.23. The highest BCUT2D eigenvalue weighted by Gasteiger charge is 2.20. The summed E-state index contributed by atoms with van der Waals surface area (Å²) in [5, 5.41) is 14.0. The van der Waals surface area contributed by atoms with Crippen molar-refractivity contribution in [2.24, 2.45) is 0 Å². The highest BCUT2D eigenvalue weighted by atomic mass is 35.5. The molecule has 9 heteroatoms. The van der Waals surface area contributed by atoms with E-state index in [-0.39, 0.29) is 28.7 Å². The minimum absolute atomic E-state index is 0.0501. The molecule has 2 aromatic carbocycles. The minimum atomic E-state index is -0.499. The van der Waals surface area contributed by atoms with Crippen LogP contribution in [0.2, 0.25) is 10.0 Å². The number of hydrogen-bond donors (Lipinski definition) is 1. The molecule has 2 aromatic rings. The number of amides is 2. The predicted octanol–water partition coefficient (Wildman–Crippen LogP) is 3.85. The van der Waals surface area contributed by atoms with E-state index in [4.69, 9.17) is 23.2 Å². The van der Waals surface area contributed by atoms with E-state index in [1.807, 2.05) is 0 Å². The van der Waals surface area contributed by atoms with Crippen molar-refractivity contribution in [3.05, 3.63) is 73.8 Å². The molecule has 27 heavy (non-hydrogen) atoms. The molecule has 0 aliphatic heterocycles. The van der Waals surface area contributed by atoms with Crippen LogP contribution in [0.4, 0.5) is 5.69 Å². The van der Waals surface area contributed by atoms with Crippen LogP contribution in [0.1, 0.15) is 28.9 Å². The van der Waals surface area contributed by atoms with Crippen LogP contribution in [0.25, 0.3) is 0 Å². The van der Waals surface area contributed by atoms with Crippen LogP contribution in [0, 0.1) is 10.1 Å². The van der Waals surface area contributed by atoms with Gasteiger partial charge in [0.25, 0.3) is 11.6 Å². The summed E-state index contributed by atoms with van der Waals surface area (Å²) in [6.45, 7) is 1.50. The number of nitro benzene ring substituents is 1. The van der Waals surface area contributed by atoms with Gasteiger partial charge in [-0.25, -0.2) is 0 Å². The second kappa shape index (κ2) is 8.83. The van der Waals surface area contributed by atoms with Crippen LogP contribution >= 0.6 is 23.2 Å². The monoisotopic (exact) mass is 409 g/mol. The molecular weight excluding hydrogens is 393 g/mol. The lowest BCUT2D eigenvalue weighted by molar-refractivity contribution is -0.384. The largest absolute Gasteiger partial charge is 0.343 e. The maximum Gasteiger partial charge on any atom is 0.269 e. The number of likely N-dealkylation sites (N-methyl/N-ethyl adjacent to an activating group) is 1. The topological polar surface area (TPSA) is 92.6 Å². The number of hydrogen-bond acceptors (Lipinski definition) is 4. The van der Waals surface area contributed by atoms with Gasteiger partial charge in [-0.05, 0) is 30.7 Å². The zero-order valence-corrected chi connectivity index (χ0v) is 16.1. The van der Waals surface area contributed by atoms with E-state index in [1.165, 1.54) is 35.2 Å². The lowest BCUT2D eigenvalue weighted by Gasteiger charge is -2.25. The van der Waals surface area contributed by atoms with Gasteiger partial charge in [-0.2, -0.15) is 0 Å². The van der Waals surface area contributed by atoms with Gasteiger partial charge in [0.1, 0.15) is 0 Å². The van der Waals surface area contributed by atoms with E-state index in [2.05, 4.69) is 5.32 Å². The zero-order chi connectivity index (χ0) is 20.1. The molecule has 2 amide bonds. The normalized spacial score (nSPS) is 11.6. The maximum atomic E-state index is 12.4. The molecule has 7 nitrogen and oxygen atoms in total. The van der Waals surface area contributed by atoms with E-state index >= 15 is 0 Å². The number of carbonyl (C=O) groups excluding carboxylic acids is 2. The van der Waals surface area contributed by atoms with Crippen molar-refractivity contribution in [2.45, 2.75) is 13.0 Å². The Hall–Kier alpha value is -2.64. The molecule has 0 aliphatic rings. The molecule has 0 fully saturated rings. The summed E-state index contributed by atoms with van der Waals surface area (Å²) in [4.78, 5) is 36.4. The van der Waals surface area contributed by atoms with Crippen LogP contribution < -0.4 is 5.32 Å². The zero-order valence-electron chi connectivity index (χ0n) is 14.6. The molecule has 1 N–H and O–H groups in total. The summed E-state index contributed by atoms with van der Waals surface area (Å²) in [5.74, 6) is -0.853. The van der Waals surface area contributed by atoms with Crippen LogP contribution in [-0.2, 0) is 4.79 Å². The summed E-state index contributed by atoms with van der Waals surface area (Å²) < 4.78 is 0. The van der Waals surface area contributed by atoms with Crippen molar-refractivity contribution < 1.29 is 14.5 Å². The standard InChI is InChI=1S/C18H17Cl2N3O4/c1-11(12-4-3-5-14(8-12)23(26)27)22(2)17(24)10-21-18(25)15-7-6-13(19)9-16(15)20/h3-9,11H,10H2,1-2H3,(H,21,25)/t11-/m0/s1. The van der Waals surface area contributed by atoms with Crippen molar-refractivity contribution in [3.63, 3.8) is 0 Å². The van der Waals surface area contributed by atoms with Gasteiger partial charge in [0, 0.05) is 24.2 Å². The lowest BCUT2D eigenvalue weighted by atomic mass is 10.1. The van der Waals surface area contributed by atoms with Crippen LogP contribution in [0.3, 0.4) is 0 Å². The summed E-state index contributed by atoms with van der Waals surface area (Å²) in [6.07, 6.45) is 0. The molecule has 2 rings (SSSR count). The number of rotatable bonds is 6. The average molecular weight is 410 g/mol. The third kappa shape index (κ3) is 5.18. The number of non-ortho nitro benzene ring substituents is 1. The fraction of sp³-hybridized carbons (Fsp3) is 0.222. The SMILES string of the molecule is C[C@@H](c1cccc([N+](=O)[O-])c1)N(C)C(=O)CNC(=O)c1ccc(Cl)cc1Cl. The van der Waals surface area contributed by atoms with Gasteiger partial charge in [-0.1, -0.05) is 35.3 Å². The van der Waals surface area contributed by atoms with Crippen molar-refractivity contribution in [1.29, 1.82) is 0 Å². The number of benzene rings is 2. The minimum Gasteiger partial charge on any atom is -0.343 e. The van der Waals surface area contributed by atoms with E-state index in [1.54, 1.807) is 26.1 Å². The molecule has 0 unspecified atom stereocenters. The molecule has 0 radical (unpaired) electrons. The van der Waals surface area contributed by atoms with Gasteiger partial charge in [-0.3, -0.25) is 19.7 Å². The maximum absolute atomic E-state index is 12.4. The second-order valence-electron chi connectivity index (χ2n) is 5.84. The first-order chi connectivity index (χ1) is 12.7. The second-order valence-corrected chi connectivity index (χ2v) is 6.68. The van der Waals surface area contributed by atoms with Gasteiger partial charge in [-0.15, -0.1) is 0 Å². The van der Waals surface area contributed by atoms with Crippen molar-refractivity contribution in [3.8, 4) is 0 Å². The van der Waals surface area contributed by atoms with Crippen LogP contribution in [0.15, 0.2) is 42.5 Å². The summed E-state index contributed by atoms with van der Waals surface area (Å²) >= 11 is 11.8. The third-order valence-corrected chi connectivity index (χ3v) is 4.66. The fourth-order valence-electron chi connectivity index (χ4n) is 2.39. The quantitative estimate of drug-likeness (QED) is 0.578. The van der Waals surface area contributed by atoms with Gasteiger partial charge in [0.15, 0.2) is 0 Å². The molecule has 0 spiro atoms. The highest BCUT2D eigenvalue weighted by molar-refractivity contribution is 6.36. The van der Waals surface area contributed by atoms with Crippen molar-refractivity contribution >= 4 is 40.7 Å². The van der Waals surface area contributed by atoms with Gasteiger partial charge in [0.2, 0.25) is 5.91 Å². The Kier molecular flexibility index (Phi) is 6.76. The number of nitro groups is 1. The molecule has 0 aliphatic carbocycles. The van der Waals surface area contributed by atoms with Gasteiger partial charge in [0.05, 0.1) is 28.1 Å². The van der Waals surface area contributed by atoms with E-state index in [0.717, 1.165) is 0 Å². The Morgan fingerprint density at radius 1 is 1.22 bits per heavy atom. The van der Waals surface area contributed by atoms with Crippen LogP contribution in [0.5, 0.6) is 0 Å². The Labute approximate surface area is 166 Å². The van der Waals surface area contributed by atoms with Crippen molar-refractivity contribution in [1.82, 2.24) is 10.2 Å². The van der Waals surface area contributed by atoms with Crippen molar-refractivity contribution in [2.75, 3.05) is 13.6 Å². The summed E-state index contributed by atoms with van der Waals surface area (Å²) in [7, 11) is 1.56. The molecular formula is C18H17Cl2N3O4. The van der Waals surface area contributed by atoms with E-state index in [9.17, 15) is 19.7 Å². The summed E-state index contributed by atoms with van der Waals surface area (Å²) in [6, 6.07) is 10.1. The Morgan fingerprint density at radius 3 is 2.56 bits per heavy atom.